The predicted octanol–water partition coefficient (Wildman–Crippen LogP) is 4.71. The lowest BCUT2D eigenvalue weighted by Crippen LogP contribution is -2.05. The molecule has 0 spiro atoms. The largest absolute Gasteiger partial charge is 0.383 e. The van der Waals surface area contributed by atoms with E-state index in [9.17, 15) is 0 Å². The van der Waals surface area contributed by atoms with Crippen LogP contribution in [0.2, 0.25) is 0 Å². The predicted molar refractivity (Wildman–Crippen MR) is 86.0 cm³/mol. The molecular formula is C15H13BrN2S. The van der Waals surface area contributed by atoms with E-state index < -0.39 is 0 Å². The number of nitrogens with one attached hydrogen (secondary N) is 1. The van der Waals surface area contributed by atoms with Crippen LogP contribution in [0.5, 0.6) is 0 Å². The number of pyridine rings is 1. The van der Waals surface area contributed by atoms with Crippen molar-refractivity contribution in [2.45, 2.75) is 6.42 Å². The van der Waals surface area contributed by atoms with E-state index in [0.29, 0.717) is 0 Å². The summed E-state index contributed by atoms with van der Waals surface area (Å²) in [6.45, 7) is 0.924. The van der Waals surface area contributed by atoms with Gasteiger partial charge in [0.05, 0.1) is 11.2 Å². The maximum absolute atomic E-state index is 4.49. The molecule has 19 heavy (non-hydrogen) atoms. The third kappa shape index (κ3) is 2.96. The Morgan fingerprint density at radius 1 is 1.26 bits per heavy atom. The van der Waals surface area contributed by atoms with Gasteiger partial charge >= 0.3 is 0 Å². The standard InChI is InChI=1S/C15H13BrN2S/c16-13-8-12-2-1-3-14(15(12)18-9-13)17-6-4-11-5-7-19-10-11/h1-3,5,7-10,17H,4,6H2. The van der Waals surface area contributed by atoms with Gasteiger partial charge in [-0.1, -0.05) is 12.1 Å². The van der Waals surface area contributed by atoms with Crippen LogP contribution in [0.15, 0.2) is 51.8 Å². The second-order valence-corrected chi connectivity index (χ2v) is 6.03. The van der Waals surface area contributed by atoms with Crippen molar-refractivity contribution >= 4 is 43.9 Å². The van der Waals surface area contributed by atoms with E-state index in [1.165, 1.54) is 5.56 Å². The molecule has 0 aliphatic heterocycles. The smallest absolute Gasteiger partial charge is 0.0934 e. The summed E-state index contributed by atoms with van der Waals surface area (Å²) in [7, 11) is 0. The van der Waals surface area contributed by atoms with Crippen molar-refractivity contribution in [1.82, 2.24) is 4.98 Å². The monoisotopic (exact) mass is 332 g/mol. The summed E-state index contributed by atoms with van der Waals surface area (Å²) in [4.78, 5) is 4.49. The summed E-state index contributed by atoms with van der Waals surface area (Å²) in [5.74, 6) is 0. The second kappa shape index (κ2) is 5.72. The molecule has 2 aromatic heterocycles. The van der Waals surface area contributed by atoms with E-state index in [-0.39, 0.29) is 0 Å². The fraction of sp³-hybridized carbons (Fsp3) is 0.133. The van der Waals surface area contributed by atoms with Crippen molar-refractivity contribution in [3.63, 3.8) is 0 Å². The van der Waals surface area contributed by atoms with Crippen LogP contribution in [0.3, 0.4) is 0 Å². The third-order valence-corrected chi connectivity index (χ3v) is 4.15. The number of anilines is 1. The van der Waals surface area contributed by atoms with E-state index in [1.54, 1.807) is 11.3 Å². The first kappa shape index (κ1) is 12.6. The minimum absolute atomic E-state index is 0.924. The summed E-state index contributed by atoms with van der Waals surface area (Å²) in [6, 6.07) is 10.5. The van der Waals surface area contributed by atoms with Crippen LogP contribution in [0.1, 0.15) is 5.56 Å². The van der Waals surface area contributed by atoms with E-state index in [4.69, 9.17) is 0 Å². The number of rotatable bonds is 4. The van der Waals surface area contributed by atoms with E-state index in [2.05, 4.69) is 67.3 Å². The number of halogens is 1. The molecule has 0 amide bonds. The first-order valence-electron chi connectivity index (χ1n) is 6.12. The average Bonchev–Trinajstić information content (AvgIpc) is 2.92. The van der Waals surface area contributed by atoms with Gasteiger partial charge in [0, 0.05) is 22.6 Å². The zero-order chi connectivity index (χ0) is 13.1. The molecule has 0 aliphatic carbocycles. The third-order valence-electron chi connectivity index (χ3n) is 2.99. The lowest BCUT2D eigenvalue weighted by molar-refractivity contribution is 1.03. The molecule has 3 rings (SSSR count). The summed E-state index contributed by atoms with van der Waals surface area (Å²) >= 11 is 5.20. The highest BCUT2D eigenvalue weighted by Gasteiger charge is 2.02. The molecule has 0 bridgehead atoms. The van der Waals surface area contributed by atoms with Gasteiger partial charge in [0.15, 0.2) is 0 Å². The van der Waals surface area contributed by atoms with E-state index in [1.807, 2.05) is 6.20 Å². The van der Waals surface area contributed by atoms with Gasteiger partial charge in [0.2, 0.25) is 0 Å². The molecule has 0 aliphatic rings. The highest BCUT2D eigenvalue weighted by molar-refractivity contribution is 9.10. The lowest BCUT2D eigenvalue weighted by atomic mass is 10.2. The minimum atomic E-state index is 0.924. The van der Waals surface area contributed by atoms with Crippen molar-refractivity contribution in [3.8, 4) is 0 Å². The molecule has 0 saturated heterocycles. The van der Waals surface area contributed by atoms with Crippen LogP contribution >= 0.6 is 27.3 Å². The van der Waals surface area contributed by atoms with Crippen molar-refractivity contribution in [2.75, 3.05) is 11.9 Å². The van der Waals surface area contributed by atoms with Crippen molar-refractivity contribution in [3.05, 3.63) is 57.3 Å². The molecule has 0 unspecified atom stereocenters. The molecule has 1 N–H and O–H groups in total. The molecule has 3 aromatic rings. The lowest BCUT2D eigenvalue weighted by Gasteiger charge is -2.08. The van der Waals surface area contributed by atoms with Gasteiger partial charge in [-0.3, -0.25) is 4.98 Å². The summed E-state index contributed by atoms with van der Waals surface area (Å²) in [6.07, 6.45) is 2.88. The zero-order valence-electron chi connectivity index (χ0n) is 10.3. The number of nitrogens with zero attached hydrogens (tertiary/aromatic N) is 1. The van der Waals surface area contributed by atoms with E-state index >= 15 is 0 Å². The number of hydrogen-bond acceptors (Lipinski definition) is 3. The molecule has 0 saturated carbocycles. The van der Waals surface area contributed by atoms with Crippen LogP contribution < -0.4 is 5.32 Å². The van der Waals surface area contributed by atoms with Gasteiger partial charge in [-0.15, -0.1) is 0 Å². The van der Waals surface area contributed by atoms with Gasteiger partial charge in [0.1, 0.15) is 0 Å². The number of para-hydroxylation sites is 1. The Morgan fingerprint density at radius 3 is 3.05 bits per heavy atom. The van der Waals surface area contributed by atoms with Gasteiger partial charge in [-0.25, -0.2) is 0 Å². The number of aromatic nitrogens is 1. The zero-order valence-corrected chi connectivity index (χ0v) is 12.7. The van der Waals surface area contributed by atoms with Gasteiger partial charge in [0.25, 0.3) is 0 Å². The SMILES string of the molecule is Brc1cnc2c(NCCc3ccsc3)cccc2c1. The molecule has 2 nitrogen and oxygen atoms in total. The van der Waals surface area contributed by atoms with Gasteiger partial charge in [-0.05, 0) is 56.9 Å². The number of fused-ring (bicyclic) bond motifs is 1. The topological polar surface area (TPSA) is 24.9 Å². The molecule has 0 atom stereocenters. The molecule has 1 aromatic carbocycles. The molecule has 0 fully saturated rings. The number of hydrogen-bond donors (Lipinski definition) is 1. The molecule has 0 radical (unpaired) electrons. The normalized spacial score (nSPS) is 10.8. The van der Waals surface area contributed by atoms with Crippen LogP contribution in [0, 0.1) is 0 Å². The van der Waals surface area contributed by atoms with Crippen LogP contribution in [-0.2, 0) is 6.42 Å². The maximum atomic E-state index is 4.49. The fourth-order valence-electron chi connectivity index (χ4n) is 2.05. The highest BCUT2D eigenvalue weighted by atomic mass is 79.9. The molecule has 2 heterocycles. The Balaban J connectivity index is 1.77. The van der Waals surface area contributed by atoms with Crippen LogP contribution in [0.4, 0.5) is 5.69 Å². The Bertz CT molecular complexity index is 680. The van der Waals surface area contributed by atoms with Crippen molar-refractivity contribution in [2.24, 2.45) is 0 Å². The number of thiophene rings is 1. The Hall–Kier alpha value is -1.39. The first-order chi connectivity index (χ1) is 9.33. The average molecular weight is 333 g/mol. The highest BCUT2D eigenvalue weighted by Crippen LogP contribution is 2.23. The molecular weight excluding hydrogens is 320 g/mol. The second-order valence-electron chi connectivity index (χ2n) is 4.34. The summed E-state index contributed by atoms with van der Waals surface area (Å²) in [5.41, 5.74) is 3.50. The van der Waals surface area contributed by atoms with E-state index in [0.717, 1.165) is 34.0 Å². The van der Waals surface area contributed by atoms with Crippen molar-refractivity contribution < 1.29 is 0 Å². The maximum Gasteiger partial charge on any atom is 0.0934 e. The Kier molecular flexibility index (Phi) is 3.80. The van der Waals surface area contributed by atoms with Gasteiger partial charge < -0.3 is 5.32 Å². The quantitative estimate of drug-likeness (QED) is 0.748. The molecule has 96 valence electrons. The Labute approximate surface area is 124 Å². The van der Waals surface area contributed by atoms with Crippen LogP contribution in [0.25, 0.3) is 10.9 Å². The van der Waals surface area contributed by atoms with Crippen molar-refractivity contribution in [1.29, 1.82) is 0 Å². The summed E-state index contributed by atoms with van der Waals surface area (Å²) in [5, 5.41) is 8.93. The fourth-order valence-corrected chi connectivity index (χ4v) is 3.11. The number of benzene rings is 1. The first-order valence-corrected chi connectivity index (χ1v) is 7.86. The Morgan fingerprint density at radius 2 is 2.21 bits per heavy atom. The molecule has 4 heteroatoms. The van der Waals surface area contributed by atoms with Gasteiger partial charge in [-0.2, -0.15) is 11.3 Å². The summed E-state index contributed by atoms with van der Waals surface area (Å²) < 4.78 is 1.01. The minimum Gasteiger partial charge on any atom is -0.383 e. The van der Waals surface area contributed by atoms with Crippen LogP contribution in [-0.4, -0.2) is 11.5 Å².